The Labute approximate surface area is 128 Å². The van der Waals surface area contributed by atoms with Crippen molar-refractivity contribution in [3.63, 3.8) is 0 Å². The van der Waals surface area contributed by atoms with Gasteiger partial charge in [0.05, 0.1) is 17.9 Å². The minimum Gasteiger partial charge on any atom is -0.391 e. The molecule has 0 spiro atoms. The molecular formula is C15H23F2N3O2. The number of carbonyl (C=O) groups is 1. The van der Waals surface area contributed by atoms with E-state index in [9.17, 15) is 18.7 Å². The Hall–Kier alpha value is -1.50. The molecule has 1 aromatic heterocycles. The van der Waals surface area contributed by atoms with Crippen molar-refractivity contribution < 1.29 is 18.7 Å². The average Bonchev–Trinajstić information content (AvgIpc) is 2.76. The first-order valence-corrected chi connectivity index (χ1v) is 7.70. The molecular weight excluding hydrogens is 292 g/mol. The van der Waals surface area contributed by atoms with Crippen LogP contribution >= 0.6 is 0 Å². The summed E-state index contributed by atoms with van der Waals surface area (Å²) in [5, 5.41) is 16.3. The highest BCUT2D eigenvalue weighted by molar-refractivity contribution is 5.95. The first-order valence-electron chi connectivity index (χ1n) is 7.70. The first-order chi connectivity index (χ1) is 10.4. The van der Waals surface area contributed by atoms with Gasteiger partial charge in [-0.15, -0.1) is 0 Å². The number of aliphatic hydroxyl groups excluding tert-OH is 1. The van der Waals surface area contributed by atoms with Crippen LogP contribution in [0.25, 0.3) is 0 Å². The third-order valence-corrected chi connectivity index (χ3v) is 4.04. The van der Waals surface area contributed by atoms with E-state index in [2.05, 4.69) is 10.4 Å². The minimum atomic E-state index is -2.77. The molecule has 5 nitrogen and oxygen atoms in total. The number of aromatic nitrogens is 2. The zero-order valence-corrected chi connectivity index (χ0v) is 12.9. The van der Waals surface area contributed by atoms with Crippen LogP contribution < -0.4 is 5.32 Å². The summed E-state index contributed by atoms with van der Waals surface area (Å²) in [6, 6.07) is 0. The van der Waals surface area contributed by atoms with E-state index in [4.69, 9.17) is 0 Å². The summed E-state index contributed by atoms with van der Waals surface area (Å²) in [7, 11) is 0. The second-order valence-electron chi connectivity index (χ2n) is 6.29. The van der Waals surface area contributed by atoms with E-state index < -0.39 is 18.4 Å². The van der Waals surface area contributed by atoms with Gasteiger partial charge < -0.3 is 10.4 Å². The summed E-state index contributed by atoms with van der Waals surface area (Å²) >= 11 is 0. The van der Waals surface area contributed by atoms with Crippen molar-refractivity contribution in [1.82, 2.24) is 15.1 Å². The standard InChI is InChI=1S/C15H23F2N3O2/c1-9(2)8-20-13(14(16)17)11(6-19-20)15(22)18-7-12(21)10-4-3-5-10/h6,9-10,12,14,21H,3-5,7-8H2,1-2H3,(H,18,22). The molecule has 7 heteroatoms. The molecule has 0 saturated heterocycles. The number of aliphatic hydroxyl groups is 1. The summed E-state index contributed by atoms with van der Waals surface area (Å²) < 4.78 is 27.7. The fraction of sp³-hybridized carbons (Fsp3) is 0.733. The highest BCUT2D eigenvalue weighted by Gasteiger charge is 2.28. The number of nitrogens with zero attached hydrogens (tertiary/aromatic N) is 2. The number of halogens is 2. The molecule has 2 rings (SSSR count). The van der Waals surface area contributed by atoms with Crippen molar-refractivity contribution in [3.05, 3.63) is 17.5 Å². The van der Waals surface area contributed by atoms with E-state index in [0.29, 0.717) is 6.54 Å². The van der Waals surface area contributed by atoms with Crippen LogP contribution in [0.5, 0.6) is 0 Å². The third-order valence-electron chi connectivity index (χ3n) is 4.04. The molecule has 1 aromatic rings. The maximum Gasteiger partial charge on any atom is 0.280 e. The van der Waals surface area contributed by atoms with E-state index in [1.807, 2.05) is 13.8 Å². The normalized spacial score (nSPS) is 16.9. The second kappa shape index (κ2) is 7.17. The Bertz CT molecular complexity index is 513. The highest BCUT2D eigenvalue weighted by Crippen LogP contribution is 2.29. The number of carbonyl (C=O) groups excluding carboxylic acids is 1. The number of hydrogen-bond acceptors (Lipinski definition) is 3. The van der Waals surface area contributed by atoms with Gasteiger partial charge in [-0.2, -0.15) is 5.10 Å². The molecule has 0 aromatic carbocycles. The van der Waals surface area contributed by atoms with E-state index >= 15 is 0 Å². The van der Waals surface area contributed by atoms with Crippen molar-refractivity contribution in [2.75, 3.05) is 6.54 Å². The van der Waals surface area contributed by atoms with Gasteiger partial charge in [-0.1, -0.05) is 20.3 Å². The predicted molar refractivity (Wildman–Crippen MR) is 77.7 cm³/mol. The van der Waals surface area contributed by atoms with Crippen LogP contribution in [-0.4, -0.2) is 33.4 Å². The summed E-state index contributed by atoms with van der Waals surface area (Å²) in [4.78, 5) is 12.1. The Morgan fingerprint density at radius 1 is 1.50 bits per heavy atom. The lowest BCUT2D eigenvalue weighted by Crippen LogP contribution is -2.38. The van der Waals surface area contributed by atoms with Crippen LogP contribution in [0.3, 0.4) is 0 Å². The lowest BCUT2D eigenvalue weighted by Gasteiger charge is -2.30. The van der Waals surface area contributed by atoms with Gasteiger partial charge in [-0.25, -0.2) is 8.78 Å². The highest BCUT2D eigenvalue weighted by atomic mass is 19.3. The van der Waals surface area contributed by atoms with Crippen LogP contribution in [-0.2, 0) is 6.54 Å². The van der Waals surface area contributed by atoms with Crippen molar-refractivity contribution in [2.24, 2.45) is 11.8 Å². The quantitative estimate of drug-likeness (QED) is 0.812. The summed E-state index contributed by atoms with van der Waals surface area (Å²) in [6.07, 6.45) is 0.788. The number of nitrogens with one attached hydrogen (secondary N) is 1. The van der Waals surface area contributed by atoms with Gasteiger partial charge in [-0.05, 0) is 24.7 Å². The van der Waals surface area contributed by atoms with Crippen LogP contribution in [0.15, 0.2) is 6.20 Å². The Morgan fingerprint density at radius 2 is 2.18 bits per heavy atom. The molecule has 0 bridgehead atoms. The molecule has 1 saturated carbocycles. The van der Waals surface area contributed by atoms with E-state index in [1.54, 1.807) is 0 Å². The summed E-state index contributed by atoms with van der Waals surface area (Å²) in [5.74, 6) is -0.254. The molecule has 0 aliphatic heterocycles. The van der Waals surface area contributed by atoms with Crippen LogP contribution in [0.1, 0.15) is 55.6 Å². The SMILES string of the molecule is CC(C)Cn1ncc(C(=O)NCC(O)C2CCC2)c1C(F)F. The number of rotatable bonds is 7. The fourth-order valence-corrected chi connectivity index (χ4v) is 2.58. The lowest BCUT2D eigenvalue weighted by molar-refractivity contribution is 0.0581. The number of alkyl halides is 2. The van der Waals surface area contributed by atoms with Gasteiger partial charge >= 0.3 is 0 Å². The van der Waals surface area contributed by atoms with E-state index in [0.717, 1.165) is 19.3 Å². The summed E-state index contributed by atoms with van der Waals surface area (Å²) in [6.45, 7) is 4.20. The minimum absolute atomic E-state index is 0.0849. The fourth-order valence-electron chi connectivity index (χ4n) is 2.58. The molecule has 22 heavy (non-hydrogen) atoms. The van der Waals surface area contributed by atoms with E-state index in [1.165, 1.54) is 10.9 Å². The number of amides is 1. The molecule has 0 radical (unpaired) electrons. The Kier molecular flexibility index (Phi) is 5.50. The van der Waals surface area contributed by atoms with E-state index in [-0.39, 0.29) is 29.6 Å². The van der Waals surface area contributed by atoms with Crippen molar-refractivity contribution in [3.8, 4) is 0 Å². The van der Waals surface area contributed by atoms with Crippen molar-refractivity contribution >= 4 is 5.91 Å². The molecule has 1 heterocycles. The Balaban J connectivity index is 2.03. The second-order valence-corrected chi connectivity index (χ2v) is 6.29. The maximum absolute atomic E-state index is 13.2. The average molecular weight is 315 g/mol. The molecule has 1 aliphatic rings. The molecule has 1 atom stereocenters. The molecule has 2 N–H and O–H groups in total. The summed E-state index contributed by atoms with van der Waals surface area (Å²) in [5.41, 5.74) is -0.471. The van der Waals surface area contributed by atoms with Gasteiger partial charge in [0.25, 0.3) is 12.3 Å². The lowest BCUT2D eigenvalue weighted by atomic mass is 9.81. The number of hydrogen-bond donors (Lipinski definition) is 2. The maximum atomic E-state index is 13.2. The largest absolute Gasteiger partial charge is 0.391 e. The zero-order valence-electron chi connectivity index (χ0n) is 12.9. The van der Waals surface area contributed by atoms with Gasteiger partial charge in [0, 0.05) is 13.1 Å². The van der Waals surface area contributed by atoms with Crippen molar-refractivity contribution in [2.45, 2.75) is 52.2 Å². The monoisotopic (exact) mass is 315 g/mol. The van der Waals surface area contributed by atoms with Crippen molar-refractivity contribution in [1.29, 1.82) is 0 Å². The zero-order chi connectivity index (χ0) is 16.3. The Morgan fingerprint density at radius 3 is 2.68 bits per heavy atom. The molecule has 1 fully saturated rings. The smallest absolute Gasteiger partial charge is 0.280 e. The van der Waals surface area contributed by atoms with Crippen LogP contribution in [0.4, 0.5) is 8.78 Å². The topological polar surface area (TPSA) is 67.2 Å². The van der Waals surface area contributed by atoms with Crippen LogP contribution in [0, 0.1) is 11.8 Å². The van der Waals surface area contributed by atoms with Gasteiger partial charge in [-0.3, -0.25) is 9.48 Å². The first kappa shape index (κ1) is 16.9. The molecule has 124 valence electrons. The van der Waals surface area contributed by atoms with Crippen LogP contribution in [0.2, 0.25) is 0 Å². The van der Waals surface area contributed by atoms with Gasteiger partial charge in [0.15, 0.2) is 0 Å². The molecule has 1 aliphatic carbocycles. The van der Waals surface area contributed by atoms with Gasteiger partial charge in [0.2, 0.25) is 0 Å². The third kappa shape index (κ3) is 3.82. The molecule has 1 amide bonds. The van der Waals surface area contributed by atoms with Gasteiger partial charge in [0.1, 0.15) is 5.69 Å². The predicted octanol–water partition coefficient (Wildman–Crippen LogP) is 2.37. The molecule has 1 unspecified atom stereocenters.